The number of rotatable bonds is 15. The van der Waals surface area contributed by atoms with Crippen LogP contribution in [-0.2, 0) is 42.4 Å². The van der Waals surface area contributed by atoms with Crippen molar-refractivity contribution in [2.45, 2.75) is 94.3 Å². The van der Waals surface area contributed by atoms with Crippen LogP contribution in [-0.4, -0.2) is 105 Å². The number of fused-ring (bicyclic) bond motifs is 2. The predicted octanol–water partition coefficient (Wildman–Crippen LogP) is 4.75. The van der Waals surface area contributed by atoms with E-state index >= 15 is 4.79 Å². The van der Waals surface area contributed by atoms with Crippen LogP contribution < -0.4 is 29.9 Å². The SMILES string of the molecule is COC(=O)CCCCN1C(=O)[C@]2(O[C@H](CCn3cc(CCO)nn3)[C@@H]([Si](C)(C)c3ccc(OC)cc3)[C@@H]2C)c2cc(N3CN(c4ccccc4)C4(CCNCC4)C3=O)ccc21. The highest BCUT2D eigenvalue weighted by molar-refractivity contribution is 6.91. The maximum absolute atomic E-state index is 15.5. The summed E-state index contributed by atoms with van der Waals surface area (Å²) in [7, 11) is 0.606. The van der Waals surface area contributed by atoms with Gasteiger partial charge in [-0.25, -0.2) is 0 Å². The monoisotopic (exact) mass is 849 g/mol. The molecular weight excluding hydrogens is 791 g/mol. The average molecular weight is 850 g/mol. The van der Waals surface area contributed by atoms with E-state index in [-0.39, 0.29) is 48.4 Å². The lowest BCUT2D eigenvalue weighted by molar-refractivity contribution is -0.146. The lowest BCUT2D eigenvalue weighted by Crippen LogP contribution is -2.55. The fraction of sp³-hybridized carbons (Fsp3) is 0.500. The number of aromatic nitrogens is 3. The molecule has 3 fully saturated rings. The van der Waals surface area contributed by atoms with Crippen molar-refractivity contribution in [3.63, 3.8) is 0 Å². The molecule has 8 rings (SSSR count). The third-order valence-corrected chi connectivity index (χ3v) is 18.3. The van der Waals surface area contributed by atoms with E-state index in [2.05, 4.69) is 70.9 Å². The van der Waals surface area contributed by atoms with Gasteiger partial charge in [-0.1, -0.05) is 60.7 Å². The maximum atomic E-state index is 15.5. The van der Waals surface area contributed by atoms with Crippen molar-refractivity contribution in [1.29, 1.82) is 0 Å². The highest BCUT2D eigenvalue weighted by Crippen LogP contribution is 2.60. The molecule has 3 saturated heterocycles. The molecular formula is C46H59N7O7Si. The Morgan fingerprint density at radius 3 is 2.43 bits per heavy atom. The summed E-state index contributed by atoms with van der Waals surface area (Å²) in [4.78, 5) is 48.5. The topological polar surface area (TPSA) is 152 Å². The molecule has 3 aromatic carbocycles. The number of piperidine rings is 1. The number of carbonyl (C=O) groups excluding carboxylic acids is 3. The molecule has 0 saturated carbocycles. The summed E-state index contributed by atoms with van der Waals surface area (Å²) in [5, 5.41) is 22.8. The summed E-state index contributed by atoms with van der Waals surface area (Å²) >= 11 is 0. The molecule has 4 atom stereocenters. The lowest BCUT2D eigenvalue weighted by Gasteiger charge is -2.39. The first-order valence-electron chi connectivity index (χ1n) is 21.7. The number of nitrogens with zero attached hydrogens (tertiary/aromatic N) is 6. The molecule has 15 heteroatoms. The average Bonchev–Trinajstić information content (AvgIpc) is 4.00. The number of para-hydroxylation sites is 1. The van der Waals surface area contributed by atoms with E-state index in [1.165, 1.54) is 12.3 Å². The Bertz CT molecular complexity index is 2210. The smallest absolute Gasteiger partial charge is 0.305 e. The van der Waals surface area contributed by atoms with Crippen molar-refractivity contribution in [1.82, 2.24) is 20.3 Å². The summed E-state index contributed by atoms with van der Waals surface area (Å²) in [5.74, 6) is 0.200. The van der Waals surface area contributed by atoms with Crippen molar-refractivity contribution in [3.05, 3.63) is 90.3 Å². The van der Waals surface area contributed by atoms with Gasteiger partial charge in [-0.3, -0.25) is 24.0 Å². The number of ether oxygens (including phenoxy) is 3. The van der Waals surface area contributed by atoms with Crippen LogP contribution in [0.2, 0.25) is 18.6 Å². The molecule has 0 bridgehead atoms. The first-order chi connectivity index (χ1) is 29.5. The molecule has 61 heavy (non-hydrogen) atoms. The molecule has 14 nitrogen and oxygen atoms in total. The minimum atomic E-state index is -2.45. The second-order valence-electron chi connectivity index (χ2n) is 17.5. The van der Waals surface area contributed by atoms with Crippen LogP contribution in [0.4, 0.5) is 17.1 Å². The van der Waals surface area contributed by atoms with Crippen LogP contribution in [0.3, 0.4) is 0 Å². The van der Waals surface area contributed by atoms with E-state index in [0.717, 1.165) is 41.5 Å². The highest BCUT2D eigenvalue weighted by atomic mass is 28.3. The Morgan fingerprint density at radius 1 is 0.967 bits per heavy atom. The first-order valence-corrected chi connectivity index (χ1v) is 24.8. The minimum absolute atomic E-state index is 0.0115. The van der Waals surface area contributed by atoms with Gasteiger partial charge in [0.1, 0.15) is 11.3 Å². The van der Waals surface area contributed by atoms with Crippen LogP contribution in [0, 0.1) is 5.92 Å². The summed E-state index contributed by atoms with van der Waals surface area (Å²) in [6, 6.07) is 24.5. The number of unbranched alkanes of at least 4 members (excludes halogenated alkanes) is 1. The molecule has 2 N–H and O–H groups in total. The fourth-order valence-corrected chi connectivity index (χ4v) is 14.8. The van der Waals surface area contributed by atoms with Gasteiger partial charge in [0.25, 0.3) is 11.8 Å². The molecule has 0 radical (unpaired) electrons. The summed E-state index contributed by atoms with van der Waals surface area (Å²) in [6.07, 6.45) is 5.35. The molecule has 324 valence electrons. The van der Waals surface area contributed by atoms with Crippen LogP contribution in [0.1, 0.15) is 56.7 Å². The third-order valence-electron chi connectivity index (χ3n) is 13.9. The Morgan fingerprint density at radius 2 is 1.72 bits per heavy atom. The van der Waals surface area contributed by atoms with Gasteiger partial charge in [0.15, 0.2) is 5.60 Å². The van der Waals surface area contributed by atoms with E-state index in [4.69, 9.17) is 14.2 Å². The zero-order valence-corrected chi connectivity index (χ0v) is 37.0. The second-order valence-corrected chi connectivity index (χ2v) is 22.2. The Hall–Kier alpha value is -5.09. The number of hydrogen-bond acceptors (Lipinski definition) is 11. The number of methoxy groups -OCH3 is 2. The van der Waals surface area contributed by atoms with Crippen molar-refractivity contribution >= 4 is 48.1 Å². The molecule has 2 spiro atoms. The van der Waals surface area contributed by atoms with Gasteiger partial charge in [-0.15, -0.1) is 5.10 Å². The minimum Gasteiger partial charge on any atom is -0.497 e. The number of aliphatic hydroxyl groups is 1. The highest BCUT2D eigenvalue weighted by Gasteiger charge is 2.66. The Kier molecular flexibility index (Phi) is 12.1. The summed E-state index contributed by atoms with van der Waals surface area (Å²) < 4.78 is 19.7. The number of benzene rings is 3. The number of aryl methyl sites for hydroxylation is 1. The van der Waals surface area contributed by atoms with E-state index in [1.807, 2.05) is 58.5 Å². The molecule has 4 aliphatic heterocycles. The van der Waals surface area contributed by atoms with Gasteiger partial charge < -0.3 is 34.4 Å². The zero-order chi connectivity index (χ0) is 42.9. The largest absolute Gasteiger partial charge is 0.497 e. The fourth-order valence-electron chi connectivity index (χ4n) is 10.7. The molecule has 0 unspecified atom stereocenters. The Balaban J connectivity index is 1.21. The van der Waals surface area contributed by atoms with Gasteiger partial charge in [-0.05, 0) is 93.2 Å². The van der Waals surface area contributed by atoms with Gasteiger partial charge in [-0.2, -0.15) is 0 Å². The van der Waals surface area contributed by atoms with Gasteiger partial charge in [0.05, 0.1) is 46.4 Å². The molecule has 5 heterocycles. The summed E-state index contributed by atoms with van der Waals surface area (Å²) in [5.41, 5.74) is 1.97. The van der Waals surface area contributed by atoms with Crippen molar-refractivity contribution < 1.29 is 33.7 Å². The number of amides is 2. The van der Waals surface area contributed by atoms with Crippen molar-refractivity contribution in [2.75, 3.05) is 61.8 Å². The van der Waals surface area contributed by atoms with Crippen LogP contribution in [0.25, 0.3) is 0 Å². The Labute approximate surface area is 359 Å². The standard InChI is InChI=1S/C46H59N7O7Si/c1-32-42(61(4,5)37-17-15-36(58-2)16-18-37)40(20-27-50-30-33(21-28-54)48-49-50)60-46(32)38-29-35(14-19-39(38)51(44(46)57)26-10-9-13-41(55)59-3)52-31-53(34-11-7-6-8-12-34)45(43(52)56)22-24-47-25-23-45/h6-8,11-12,14-19,29-30,32,40,42,47,54H,9-10,13,20-28,31H2,1-5H3/t32-,40+,42-,46+/m0/s1. The van der Waals surface area contributed by atoms with Crippen LogP contribution in [0.5, 0.6) is 5.75 Å². The van der Waals surface area contributed by atoms with E-state index in [9.17, 15) is 14.7 Å². The van der Waals surface area contributed by atoms with Crippen molar-refractivity contribution in [3.8, 4) is 5.75 Å². The summed E-state index contributed by atoms with van der Waals surface area (Å²) in [6.45, 7) is 9.68. The van der Waals surface area contributed by atoms with Gasteiger partial charge in [0, 0.05) is 61.6 Å². The number of esters is 1. The lowest BCUT2D eigenvalue weighted by atomic mass is 9.82. The molecule has 2 amide bonds. The normalized spacial score (nSPS) is 23.4. The van der Waals surface area contributed by atoms with Gasteiger partial charge >= 0.3 is 5.97 Å². The number of hydrogen-bond donors (Lipinski definition) is 2. The molecule has 0 aliphatic carbocycles. The number of nitrogens with one attached hydrogen (secondary N) is 1. The van der Waals surface area contributed by atoms with Gasteiger partial charge in [0.2, 0.25) is 0 Å². The first kappa shape index (κ1) is 42.6. The van der Waals surface area contributed by atoms with E-state index in [1.54, 1.807) is 11.8 Å². The van der Waals surface area contributed by atoms with Crippen LogP contribution in [0.15, 0.2) is 79.0 Å². The second kappa shape index (κ2) is 17.3. The molecule has 1 aromatic heterocycles. The zero-order valence-electron chi connectivity index (χ0n) is 36.0. The van der Waals surface area contributed by atoms with Crippen LogP contribution >= 0.6 is 0 Å². The maximum Gasteiger partial charge on any atom is 0.305 e. The predicted molar refractivity (Wildman–Crippen MR) is 236 cm³/mol. The van der Waals surface area contributed by atoms with E-state index < -0.39 is 19.2 Å². The number of carbonyl (C=O) groups is 3. The molecule has 4 aromatic rings. The number of aliphatic hydroxyl groups excluding tert-OH is 1. The van der Waals surface area contributed by atoms with Crippen molar-refractivity contribution in [2.24, 2.45) is 5.92 Å². The third kappa shape index (κ3) is 7.53. The molecule has 4 aliphatic rings. The number of anilines is 3. The van der Waals surface area contributed by atoms with E-state index in [0.29, 0.717) is 64.0 Å². The quantitative estimate of drug-likeness (QED) is 0.0970.